The smallest absolute Gasteiger partial charge is 0.0729 e. The lowest BCUT2D eigenvalue weighted by Crippen LogP contribution is -2.51. The van der Waals surface area contributed by atoms with E-state index in [1.807, 2.05) is 0 Å². The highest BCUT2D eigenvalue weighted by atomic mass is 16.5. The van der Waals surface area contributed by atoms with Gasteiger partial charge in [-0.25, -0.2) is 0 Å². The highest BCUT2D eigenvalue weighted by molar-refractivity contribution is 4.93. The Kier molecular flexibility index (Phi) is 5.51. The fourth-order valence-corrected chi connectivity index (χ4v) is 4.17. The third kappa shape index (κ3) is 3.96. The standard InChI is InChI=1S/C16H30N2O3/c17-18-15(11-14-3-1-2-7-20-14)13-4-8-21-16(12-13)5-9-19-10-6-16/h13-15,18H,1-12,17H2. The normalized spacial score (nSPS) is 34.7. The van der Waals surface area contributed by atoms with Gasteiger partial charge >= 0.3 is 0 Å². The van der Waals surface area contributed by atoms with E-state index in [-0.39, 0.29) is 5.60 Å². The first-order chi connectivity index (χ1) is 10.3. The van der Waals surface area contributed by atoms with Crippen LogP contribution in [-0.2, 0) is 14.2 Å². The van der Waals surface area contributed by atoms with Crippen molar-refractivity contribution < 1.29 is 14.2 Å². The van der Waals surface area contributed by atoms with Crippen molar-refractivity contribution in [3.63, 3.8) is 0 Å². The molecule has 3 heterocycles. The molecule has 122 valence electrons. The maximum Gasteiger partial charge on any atom is 0.0729 e. The van der Waals surface area contributed by atoms with Crippen LogP contribution in [0.5, 0.6) is 0 Å². The van der Waals surface area contributed by atoms with Gasteiger partial charge in [0.1, 0.15) is 0 Å². The second kappa shape index (κ2) is 7.38. The molecule has 0 aromatic heterocycles. The molecule has 3 aliphatic heterocycles. The average molecular weight is 298 g/mol. The van der Waals surface area contributed by atoms with Crippen LogP contribution in [0, 0.1) is 5.92 Å². The summed E-state index contributed by atoms with van der Waals surface area (Å²) in [6.07, 6.45) is 9.36. The molecule has 0 aliphatic carbocycles. The van der Waals surface area contributed by atoms with E-state index in [0.29, 0.717) is 18.1 Å². The van der Waals surface area contributed by atoms with E-state index in [2.05, 4.69) is 5.43 Å². The first-order valence-corrected chi connectivity index (χ1v) is 8.61. The molecule has 3 atom stereocenters. The zero-order chi connectivity index (χ0) is 14.5. The predicted octanol–water partition coefficient (Wildman–Crippen LogP) is 1.75. The van der Waals surface area contributed by atoms with Crippen LogP contribution in [0.25, 0.3) is 0 Å². The average Bonchev–Trinajstić information content (AvgIpc) is 2.54. The quantitative estimate of drug-likeness (QED) is 0.611. The van der Waals surface area contributed by atoms with Gasteiger partial charge in [-0.05, 0) is 57.3 Å². The van der Waals surface area contributed by atoms with Crippen molar-refractivity contribution in [3.05, 3.63) is 0 Å². The van der Waals surface area contributed by atoms with Gasteiger partial charge in [0.2, 0.25) is 0 Å². The third-order valence-electron chi connectivity index (χ3n) is 5.51. The van der Waals surface area contributed by atoms with Gasteiger partial charge < -0.3 is 14.2 Å². The Morgan fingerprint density at radius 3 is 2.67 bits per heavy atom. The molecule has 3 saturated heterocycles. The van der Waals surface area contributed by atoms with E-state index in [0.717, 1.165) is 58.5 Å². The van der Waals surface area contributed by atoms with Crippen LogP contribution < -0.4 is 11.3 Å². The lowest BCUT2D eigenvalue weighted by Gasteiger charge is -2.45. The van der Waals surface area contributed by atoms with E-state index < -0.39 is 0 Å². The molecular formula is C16H30N2O3. The summed E-state index contributed by atoms with van der Waals surface area (Å²) in [5.74, 6) is 6.46. The van der Waals surface area contributed by atoms with Gasteiger partial charge in [-0.3, -0.25) is 11.3 Å². The molecule has 0 bridgehead atoms. The summed E-state index contributed by atoms with van der Waals surface area (Å²) in [5.41, 5.74) is 3.12. The monoisotopic (exact) mass is 298 g/mol. The molecule has 3 N–H and O–H groups in total. The van der Waals surface area contributed by atoms with Crippen molar-refractivity contribution in [1.29, 1.82) is 0 Å². The van der Waals surface area contributed by atoms with Gasteiger partial charge in [-0.15, -0.1) is 0 Å². The van der Waals surface area contributed by atoms with Gasteiger partial charge in [0.25, 0.3) is 0 Å². The van der Waals surface area contributed by atoms with Crippen molar-refractivity contribution in [2.45, 2.75) is 69.1 Å². The number of hydrogen-bond donors (Lipinski definition) is 2. The number of ether oxygens (including phenoxy) is 3. The molecule has 21 heavy (non-hydrogen) atoms. The maximum atomic E-state index is 6.14. The van der Waals surface area contributed by atoms with E-state index in [1.165, 1.54) is 19.3 Å². The molecule has 3 unspecified atom stereocenters. The molecule has 0 aromatic carbocycles. The fraction of sp³-hybridized carbons (Fsp3) is 1.00. The molecule has 0 saturated carbocycles. The summed E-state index contributed by atoms with van der Waals surface area (Å²) < 4.78 is 17.5. The van der Waals surface area contributed by atoms with Gasteiger partial charge in [-0.2, -0.15) is 0 Å². The largest absolute Gasteiger partial charge is 0.381 e. The van der Waals surface area contributed by atoms with E-state index in [9.17, 15) is 0 Å². The van der Waals surface area contributed by atoms with Gasteiger partial charge in [0.05, 0.1) is 11.7 Å². The predicted molar refractivity (Wildman–Crippen MR) is 80.8 cm³/mol. The first kappa shape index (κ1) is 15.7. The number of rotatable bonds is 4. The summed E-state index contributed by atoms with van der Waals surface area (Å²) in [4.78, 5) is 0. The van der Waals surface area contributed by atoms with Crippen LogP contribution >= 0.6 is 0 Å². The third-order valence-corrected chi connectivity index (χ3v) is 5.51. The van der Waals surface area contributed by atoms with Crippen LogP contribution in [0.2, 0.25) is 0 Å². The van der Waals surface area contributed by atoms with Crippen molar-refractivity contribution in [2.24, 2.45) is 11.8 Å². The maximum absolute atomic E-state index is 6.14. The summed E-state index contributed by atoms with van der Waals surface area (Å²) in [6, 6.07) is 0.344. The van der Waals surface area contributed by atoms with Gasteiger partial charge in [-0.1, -0.05) is 0 Å². The molecule has 3 fully saturated rings. The SMILES string of the molecule is NNC(CC1CCCCO1)C1CCOC2(CCOCC2)C1. The molecular weight excluding hydrogens is 268 g/mol. The number of hydrogen-bond acceptors (Lipinski definition) is 5. The van der Waals surface area contributed by atoms with Crippen LogP contribution in [-0.4, -0.2) is 44.2 Å². The minimum atomic E-state index is 0.0453. The van der Waals surface area contributed by atoms with Crippen molar-refractivity contribution in [2.75, 3.05) is 26.4 Å². The minimum Gasteiger partial charge on any atom is -0.381 e. The number of nitrogens with two attached hydrogens (primary N) is 1. The van der Waals surface area contributed by atoms with Gasteiger partial charge in [0.15, 0.2) is 0 Å². The van der Waals surface area contributed by atoms with Crippen molar-refractivity contribution in [3.8, 4) is 0 Å². The number of nitrogens with one attached hydrogen (secondary N) is 1. The van der Waals surface area contributed by atoms with Gasteiger partial charge in [0, 0.05) is 32.5 Å². The Morgan fingerprint density at radius 1 is 1.10 bits per heavy atom. The van der Waals surface area contributed by atoms with Crippen LogP contribution in [0.1, 0.15) is 51.4 Å². The Bertz CT molecular complexity index is 309. The summed E-state index contributed by atoms with van der Waals surface area (Å²) in [7, 11) is 0. The minimum absolute atomic E-state index is 0.0453. The molecule has 1 spiro atoms. The summed E-state index contributed by atoms with van der Waals surface area (Å²) in [5, 5.41) is 0. The second-order valence-electron chi connectivity index (χ2n) is 6.89. The van der Waals surface area contributed by atoms with Crippen molar-refractivity contribution in [1.82, 2.24) is 5.43 Å². The molecule has 0 radical (unpaired) electrons. The molecule has 0 amide bonds. The van der Waals surface area contributed by atoms with E-state index in [4.69, 9.17) is 20.1 Å². The highest BCUT2D eigenvalue weighted by Crippen LogP contribution is 2.39. The fourth-order valence-electron chi connectivity index (χ4n) is 4.17. The van der Waals surface area contributed by atoms with Crippen LogP contribution in [0.15, 0.2) is 0 Å². The second-order valence-corrected chi connectivity index (χ2v) is 6.89. The highest BCUT2D eigenvalue weighted by Gasteiger charge is 2.41. The molecule has 3 rings (SSSR count). The Morgan fingerprint density at radius 2 is 1.95 bits per heavy atom. The van der Waals surface area contributed by atoms with E-state index >= 15 is 0 Å². The Balaban J connectivity index is 1.57. The van der Waals surface area contributed by atoms with Crippen LogP contribution in [0.3, 0.4) is 0 Å². The Hall–Kier alpha value is -0.200. The topological polar surface area (TPSA) is 65.7 Å². The lowest BCUT2D eigenvalue weighted by atomic mass is 9.76. The summed E-state index contributed by atoms with van der Waals surface area (Å²) >= 11 is 0. The zero-order valence-corrected chi connectivity index (χ0v) is 13.0. The summed E-state index contributed by atoms with van der Waals surface area (Å²) in [6.45, 7) is 3.43. The molecule has 0 aromatic rings. The molecule has 5 heteroatoms. The zero-order valence-electron chi connectivity index (χ0n) is 13.0. The lowest BCUT2D eigenvalue weighted by molar-refractivity contribution is -0.151. The van der Waals surface area contributed by atoms with E-state index in [1.54, 1.807) is 0 Å². The molecule has 5 nitrogen and oxygen atoms in total. The van der Waals surface area contributed by atoms with Crippen molar-refractivity contribution >= 4 is 0 Å². The van der Waals surface area contributed by atoms with Crippen LogP contribution in [0.4, 0.5) is 0 Å². The number of hydrazine groups is 1. The molecule has 3 aliphatic rings. The Labute approximate surface area is 127 Å². The first-order valence-electron chi connectivity index (χ1n) is 8.61.